The van der Waals surface area contributed by atoms with Crippen LogP contribution in [0.4, 0.5) is 0 Å². The maximum absolute atomic E-state index is 11.5. The largest absolute Gasteiger partial charge is 0.362 e. The minimum Gasteiger partial charge on any atom is -0.362 e. The summed E-state index contributed by atoms with van der Waals surface area (Å²) in [7, 11) is 3.65. The van der Waals surface area contributed by atoms with E-state index >= 15 is 0 Å². The number of carbonyl (C=O) groups is 1. The predicted molar refractivity (Wildman–Crippen MR) is 65.6 cm³/mol. The summed E-state index contributed by atoms with van der Waals surface area (Å²) in [5, 5.41) is 0. The van der Waals surface area contributed by atoms with Crippen LogP contribution in [0.3, 0.4) is 0 Å². The quantitative estimate of drug-likeness (QED) is 0.593. The van der Waals surface area contributed by atoms with Gasteiger partial charge in [0, 0.05) is 38.4 Å². The number of amides is 1. The molecule has 0 atom stereocenters. The van der Waals surface area contributed by atoms with Gasteiger partial charge < -0.3 is 4.90 Å². The molecule has 1 aromatic rings. The molecule has 80 valence electrons. The zero-order valence-corrected chi connectivity index (χ0v) is 10.1. The van der Waals surface area contributed by atoms with Crippen molar-refractivity contribution in [2.75, 3.05) is 14.1 Å². The lowest BCUT2D eigenvalue weighted by molar-refractivity contribution is 0.0984. The second-order valence-corrected chi connectivity index (χ2v) is 4.38. The molecular formula is C9H11N3OS2. The van der Waals surface area contributed by atoms with Crippen molar-refractivity contribution in [1.29, 1.82) is 0 Å². The first-order valence-corrected chi connectivity index (χ1v) is 5.42. The molecule has 1 heterocycles. The van der Waals surface area contributed by atoms with Crippen LogP contribution >= 0.6 is 24.2 Å². The molecule has 1 amide bonds. The Balaban J connectivity index is 2.48. The van der Waals surface area contributed by atoms with Crippen LogP contribution in [0.25, 0.3) is 0 Å². The summed E-state index contributed by atoms with van der Waals surface area (Å²) in [4.78, 5) is 17.1. The standard InChI is InChI=1S/C9H11N3OS2/c1-12(2)9(14)15-11-8(13)7-4-3-5-10-6-7/h3-6H,1-2H3,(H,11,13). The minimum atomic E-state index is -0.197. The molecule has 4 nitrogen and oxygen atoms in total. The van der Waals surface area contributed by atoms with E-state index in [-0.39, 0.29) is 5.91 Å². The van der Waals surface area contributed by atoms with E-state index in [0.29, 0.717) is 9.88 Å². The van der Waals surface area contributed by atoms with E-state index < -0.39 is 0 Å². The average Bonchev–Trinajstić information content (AvgIpc) is 2.26. The van der Waals surface area contributed by atoms with Crippen LogP contribution in [0.2, 0.25) is 0 Å². The van der Waals surface area contributed by atoms with E-state index in [4.69, 9.17) is 12.2 Å². The van der Waals surface area contributed by atoms with Crippen LogP contribution in [-0.2, 0) is 0 Å². The number of hydrogen-bond acceptors (Lipinski definition) is 4. The minimum absolute atomic E-state index is 0.197. The number of nitrogens with one attached hydrogen (secondary N) is 1. The highest BCUT2D eigenvalue weighted by atomic mass is 32.2. The Kier molecular flexibility index (Phi) is 4.51. The van der Waals surface area contributed by atoms with Gasteiger partial charge in [-0.1, -0.05) is 12.2 Å². The van der Waals surface area contributed by atoms with E-state index in [1.54, 1.807) is 23.2 Å². The Morgan fingerprint density at radius 1 is 1.60 bits per heavy atom. The normalized spacial score (nSPS) is 9.47. The third kappa shape index (κ3) is 3.85. The zero-order chi connectivity index (χ0) is 11.3. The van der Waals surface area contributed by atoms with Gasteiger partial charge in [0.2, 0.25) is 0 Å². The predicted octanol–water partition coefficient (Wildman–Crippen LogP) is 1.31. The van der Waals surface area contributed by atoms with E-state index in [0.717, 1.165) is 11.9 Å². The third-order valence-corrected chi connectivity index (χ3v) is 2.96. The number of carbonyl (C=O) groups excluding carboxylic acids is 1. The molecule has 0 spiro atoms. The van der Waals surface area contributed by atoms with Crippen molar-refractivity contribution in [2.45, 2.75) is 0 Å². The molecule has 0 saturated carbocycles. The molecule has 0 unspecified atom stereocenters. The number of nitrogens with zero attached hydrogens (tertiary/aromatic N) is 2. The molecule has 0 fully saturated rings. The summed E-state index contributed by atoms with van der Waals surface area (Å²) in [6.45, 7) is 0. The van der Waals surface area contributed by atoms with Gasteiger partial charge in [-0.15, -0.1) is 0 Å². The number of hydrogen-bond donors (Lipinski definition) is 1. The number of pyridine rings is 1. The van der Waals surface area contributed by atoms with E-state index in [1.165, 1.54) is 6.20 Å². The maximum atomic E-state index is 11.5. The lowest BCUT2D eigenvalue weighted by Gasteiger charge is -2.12. The van der Waals surface area contributed by atoms with Gasteiger partial charge in [-0.3, -0.25) is 14.5 Å². The summed E-state index contributed by atoms with van der Waals surface area (Å²) in [5.41, 5.74) is 0.520. The van der Waals surface area contributed by atoms with Crippen molar-refractivity contribution in [2.24, 2.45) is 0 Å². The summed E-state index contributed by atoms with van der Waals surface area (Å²) in [6.07, 6.45) is 3.13. The lowest BCUT2D eigenvalue weighted by Crippen LogP contribution is -2.24. The van der Waals surface area contributed by atoms with Gasteiger partial charge in [-0.25, -0.2) is 0 Å². The molecule has 0 saturated heterocycles. The molecule has 0 aliphatic carbocycles. The molecule has 0 aromatic carbocycles. The zero-order valence-electron chi connectivity index (χ0n) is 8.43. The van der Waals surface area contributed by atoms with E-state index in [1.807, 2.05) is 14.1 Å². The van der Waals surface area contributed by atoms with Crippen LogP contribution in [0.15, 0.2) is 24.5 Å². The van der Waals surface area contributed by atoms with Crippen molar-refractivity contribution >= 4 is 34.4 Å². The fourth-order valence-electron chi connectivity index (χ4n) is 0.737. The third-order valence-electron chi connectivity index (χ3n) is 1.52. The number of aromatic nitrogens is 1. The fraction of sp³-hybridized carbons (Fsp3) is 0.222. The molecule has 6 heteroatoms. The molecule has 0 radical (unpaired) electrons. The molecule has 0 aliphatic rings. The highest BCUT2D eigenvalue weighted by molar-refractivity contribution is 8.21. The molecular weight excluding hydrogens is 230 g/mol. The van der Waals surface area contributed by atoms with Gasteiger partial charge >= 0.3 is 0 Å². The van der Waals surface area contributed by atoms with Crippen molar-refractivity contribution in [3.8, 4) is 0 Å². The van der Waals surface area contributed by atoms with Crippen LogP contribution in [-0.4, -0.2) is 34.2 Å². The van der Waals surface area contributed by atoms with Gasteiger partial charge in [-0.05, 0) is 12.1 Å². The van der Waals surface area contributed by atoms with Crippen molar-refractivity contribution in [1.82, 2.24) is 14.6 Å². The molecule has 0 aliphatic heterocycles. The van der Waals surface area contributed by atoms with Gasteiger partial charge in [0.1, 0.15) is 0 Å². The summed E-state index contributed by atoms with van der Waals surface area (Å²) in [5.74, 6) is -0.197. The Hall–Kier alpha value is -1.14. The molecule has 1 N–H and O–H groups in total. The molecule has 1 rings (SSSR count). The average molecular weight is 241 g/mol. The summed E-state index contributed by atoms with van der Waals surface area (Å²) >= 11 is 6.12. The second kappa shape index (κ2) is 5.67. The van der Waals surface area contributed by atoms with Gasteiger partial charge in [0.05, 0.1) is 5.56 Å². The van der Waals surface area contributed by atoms with Crippen molar-refractivity contribution < 1.29 is 4.79 Å². The Bertz CT molecular complexity index is 354. The number of thiocarbonyl (C=S) groups is 1. The lowest BCUT2D eigenvalue weighted by atomic mass is 10.3. The van der Waals surface area contributed by atoms with E-state index in [2.05, 4.69) is 9.71 Å². The number of rotatable bonds is 1. The van der Waals surface area contributed by atoms with Crippen LogP contribution in [0, 0.1) is 0 Å². The summed E-state index contributed by atoms with van der Waals surface area (Å²) in [6, 6.07) is 3.41. The first-order chi connectivity index (χ1) is 7.11. The maximum Gasteiger partial charge on any atom is 0.262 e. The van der Waals surface area contributed by atoms with E-state index in [9.17, 15) is 4.79 Å². The summed E-state index contributed by atoms with van der Waals surface area (Å²) < 4.78 is 3.24. The highest BCUT2D eigenvalue weighted by Crippen LogP contribution is 2.04. The Morgan fingerprint density at radius 3 is 2.87 bits per heavy atom. The van der Waals surface area contributed by atoms with Crippen molar-refractivity contribution in [3.63, 3.8) is 0 Å². The molecule has 1 aromatic heterocycles. The monoisotopic (exact) mass is 241 g/mol. The molecule has 15 heavy (non-hydrogen) atoms. The smallest absolute Gasteiger partial charge is 0.262 e. The van der Waals surface area contributed by atoms with Crippen LogP contribution in [0.1, 0.15) is 10.4 Å². The fourth-order valence-corrected chi connectivity index (χ4v) is 1.34. The highest BCUT2D eigenvalue weighted by Gasteiger charge is 2.07. The van der Waals surface area contributed by atoms with Crippen LogP contribution in [0.5, 0.6) is 0 Å². The molecule has 0 bridgehead atoms. The second-order valence-electron chi connectivity index (χ2n) is 2.94. The van der Waals surface area contributed by atoms with Gasteiger partial charge in [0.15, 0.2) is 4.32 Å². The topological polar surface area (TPSA) is 45.2 Å². The first kappa shape index (κ1) is 11.9. The first-order valence-electron chi connectivity index (χ1n) is 4.19. The van der Waals surface area contributed by atoms with Crippen molar-refractivity contribution in [3.05, 3.63) is 30.1 Å². The van der Waals surface area contributed by atoms with Gasteiger partial charge in [-0.2, -0.15) is 0 Å². The SMILES string of the molecule is CN(C)C(=S)SNC(=O)c1cccnc1. The van der Waals surface area contributed by atoms with Crippen LogP contribution < -0.4 is 4.72 Å². The Morgan fingerprint density at radius 2 is 2.33 bits per heavy atom. The Labute approximate surface area is 98.2 Å². The van der Waals surface area contributed by atoms with Gasteiger partial charge in [0.25, 0.3) is 5.91 Å².